The van der Waals surface area contributed by atoms with Gasteiger partial charge in [-0.3, -0.25) is 0 Å². The van der Waals surface area contributed by atoms with Crippen LogP contribution >= 0.6 is 11.8 Å². The second kappa shape index (κ2) is 8.50. The van der Waals surface area contributed by atoms with E-state index in [9.17, 15) is 0 Å². The van der Waals surface area contributed by atoms with Gasteiger partial charge in [0.1, 0.15) is 0 Å². The number of nitrogens with one attached hydrogen (secondary N) is 2. The summed E-state index contributed by atoms with van der Waals surface area (Å²) >= 11 is 1.99. The maximum atomic E-state index is 3.74. The van der Waals surface area contributed by atoms with E-state index in [-0.39, 0.29) is 0 Å². The maximum Gasteiger partial charge on any atom is 0.0735 e. The lowest BCUT2D eigenvalue weighted by Crippen LogP contribution is -2.38. The minimum atomic E-state index is 0.608. The quantitative estimate of drug-likeness (QED) is 0.623. The van der Waals surface area contributed by atoms with Crippen LogP contribution in [0.1, 0.15) is 46.5 Å². The molecule has 2 atom stereocenters. The monoisotopic (exact) mass is 304 g/mol. The zero-order valence-electron chi connectivity index (χ0n) is 13.5. The summed E-state index contributed by atoms with van der Waals surface area (Å²) in [5, 5.41) is 6.97. The van der Waals surface area contributed by atoms with Crippen LogP contribution in [0, 0.1) is 0 Å². The van der Waals surface area contributed by atoms with Crippen molar-refractivity contribution in [3.05, 3.63) is 30.3 Å². The van der Waals surface area contributed by atoms with Crippen LogP contribution < -0.4 is 5.32 Å². The number of aromatic amines is 1. The highest BCUT2D eigenvalue weighted by Crippen LogP contribution is 2.31. The molecule has 0 radical (unpaired) electrons. The van der Waals surface area contributed by atoms with E-state index in [1.54, 1.807) is 0 Å². The largest absolute Gasteiger partial charge is 0.350 e. The highest BCUT2D eigenvalue weighted by Gasteiger charge is 2.20. The van der Waals surface area contributed by atoms with Crippen LogP contribution in [-0.2, 0) is 0 Å². The molecule has 0 saturated carbocycles. The first-order chi connectivity index (χ1) is 10.3. The zero-order valence-corrected chi connectivity index (χ0v) is 14.3. The fourth-order valence-corrected chi connectivity index (χ4v) is 4.04. The first-order valence-corrected chi connectivity index (χ1v) is 9.14. The molecular formula is C18H28N2S. The molecule has 0 aliphatic heterocycles. The Hall–Kier alpha value is -0.930. The van der Waals surface area contributed by atoms with Gasteiger partial charge < -0.3 is 10.3 Å². The van der Waals surface area contributed by atoms with Gasteiger partial charge in [0.05, 0.1) is 5.03 Å². The molecular weight excluding hydrogens is 276 g/mol. The van der Waals surface area contributed by atoms with E-state index < -0.39 is 0 Å². The third-order valence-electron chi connectivity index (χ3n) is 3.89. The molecule has 1 aromatic carbocycles. The Morgan fingerprint density at radius 3 is 2.62 bits per heavy atom. The van der Waals surface area contributed by atoms with Crippen LogP contribution in [0.4, 0.5) is 0 Å². The molecule has 1 aromatic heterocycles. The van der Waals surface area contributed by atoms with Crippen LogP contribution in [-0.4, -0.2) is 22.8 Å². The molecule has 2 unspecified atom stereocenters. The number of benzene rings is 1. The first kappa shape index (κ1) is 16.4. The molecule has 2 aromatic rings. The van der Waals surface area contributed by atoms with Crippen molar-refractivity contribution in [2.75, 3.05) is 6.54 Å². The van der Waals surface area contributed by atoms with Crippen molar-refractivity contribution in [2.24, 2.45) is 0 Å². The normalized spacial score (nSPS) is 14.4. The molecule has 0 aliphatic carbocycles. The Kier molecular flexibility index (Phi) is 6.65. The molecule has 0 saturated heterocycles. The van der Waals surface area contributed by atoms with E-state index >= 15 is 0 Å². The van der Waals surface area contributed by atoms with Gasteiger partial charge in [0.25, 0.3) is 0 Å². The van der Waals surface area contributed by atoms with E-state index in [2.05, 4.69) is 61.4 Å². The standard InChI is InChI=1S/C18H28N2S/c1-4-9-16(19-12-5-2)17(6-3)21-18-13-14-10-7-8-11-15(14)20-18/h7-8,10-11,13,16-17,19-20H,4-6,9,12H2,1-3H3. The number of rotatable bonds is 9. The Balaban J connectivity index is 2.08. The first-order valence-electron chi connectivity index (χ1n) is 8.26. The summed E-state index contributed by atoms with van der Waals surface area (Å²) in [5.41, 5.74) is 1.24. The number of hydrogen-bond acceptors (Lipinski definition) is 2. The molecule has 0 bridgehead atoms. The minimum absolute atomic E-state index is 0.608. The van der Waals surface area contributed by atoms with Gasteiger partial charge in [0.2, 0.25) is 0 Å². The summed E-state index contributed by atoms with van der Waals surface area (Å²) in [7, 11) is 0. The van der Waals surface area contributed by atoms with Crippen molar-refractivity contribution in [2.45, 2.75) is 62.8 Å². The van der Waals surface area contributed by atoms with Crippen molar-refractivity contribution in [3.63, 3.8) is 0 Å². The summed E-state index contributed by atoms with van der Waals surface area (Å²) in [5.74, 6) is 0. The molecule has 3 heteroatoms. The molecule has 1 heterocycles. The number of aromatic nitrogens is 1. The van der Waals surface area contributed by atoms with Gasteiger partial charge in [-0.05, 0) is 37.9 Å². The van der Waals surface area contributed by atoms with Gasteiger partial charge in [0, 0.05) is 22.2 Å². The lowest BCUT2D eigenvalue weighted by molar-refractivity contribution is 0.454. The predicted octanol–water partition coefficient (Wildman–Crippen LogP) is 5.21. The molecule has 2 rings (SSSR count). The highest BCUT2D eigenvalue weighted by atomic mass is 32.2. The number of H-pyrrole nitrogens is 1. The third kappa shape index (κ3) is 4.52. The van der Waals surface area contributed by atoms with Crippen LogP contribution in [0.15, 0.2) is 35.4 Å². The number of thioether (sulfide) groups is 1. The van der Waals surface area contributed by atoms with E-state index in [1.807, 2.05) is 11.8 Å². The highest BCUT2D eigenvalue weighted by molar-refractivity contribution is 7.99. The molecule has 0 amide bonds. The van der Waals surface area contributed by atoms with E-state index in [4.69, 9.17) is 0 Å². The molecule has 21 heavy (non-hydrogen) atoms. The van der Waals surface area contributed by atoms with Gasteiger partial charge in [-0.2, -0.15) is 0 Å². The fourth-order valence-electron chi connectivity index (χ4n) is 2.78. The van der Waals surface area contributed by atoms with Gasteiger partial charge in [-0.25, -0.2) is 0 Å². The smallest absolute Gasteiger partial charge is 0.0735 e. The summed E-state index contributed by atoms with van der Waals surface area (Å²) in [4.78, 5) is 3.55. The second-order valence-electron chi connectivity index (χ2n) is 5.63. The second-order valence-corrected chi connectivity index (χ2v) is 6.92. The van der Waals surface area contributed by atoms with E-state index in [0.717, 1.165) is 6.54 Å². The van der Waals surface area contributed by atoms with Gasteiger partial charge in [-0.1, -0.05) is 45.4 Å². The fraction of sp³-hybridized carbons (Fsp3) is 0.556. The minimum Gasteiger partial charge on any atom is -0.350 e. The lowest BCUT2D eigenvalue weighted by Gasteiger charge is -2.26. The predicted molar refractivity (Wildman–Crippen MR) is 95.2 cm³/mol. The van der Waals surface area contributed by atoms with Crippen molar-refractivity contribution < 1.29 is 0 Å². The summed E-state index contributed by atoms with van der Waals surface area (Å²) in [6.45, 7) is 7.94. The summed E-state index contributed by atoms with van der Waals surface area (Å²) in [6.07, 6.45) is 4.89. The summed E-state index contributed by atoms with van der Waals surface area (Å²) in [6, 6.07) is 11.4. The van der Waals surface area contributed by atoms with Crippen molar-refractivity contribution >= 4 is 22.7 Å². The van der Waals surface area contributed by atoms with Crippen LogP contribution in [0.25, 0.3) is 10.9 Å². The van der Waals surface area contributed by atoms with E-state index in [0.29, 0.717) is 11.3 Å². The van der Waals surface area contributed by atoms with Gasteiger partial charge in [-0.15, -0.1) is 11.8 Å². The molecule has 116 valence electrons. The van der Waals surface area contributed by atoms with Gasteiger partial charge in [0.15, 0.2) is 0 Å². The topological polar surface area (TPSA) is 27.8 Å². The Morgan fingerprint density at radius 1 is 1.14 bits per heavy atom. The van der Waals surface area contributed by atoms with Gasteiger partial charge >= 0.3 is 0 Å². The number of para-hydroxylation sites is 1. The summed E-state index contributed by atoms with van der Waals surface area (Å²) < 4.78 is 0. The molecule has 0 spiro atoms. The Morgan fingerprint density at radius 2 is 1.95 bits per heavy atom. The molecule has 0 fully saturated rings. The average Bonchev–Trinajstić information content (AvgIpc) is 2.91. The lowest BCUT2D eigenvalue weighted by atomic mass is 10.1. The number of hydrogen-bond donors (Lipinski definition) is 2. The third-order valence-corrected chi connectivity index (χ3v) is 5.33. The van der Waals surface area contributed by atoms with Crippen LogP contribution in [0.5, 0.6) is 0 Å². The Labute approximate surface area is 133 Å². The number of fused-ring (bicyclic) bond motifs is 1. The zero-order chi connectivity index (χ0) is 15.1. The molecule has 2 nitrogen and oxygen atoms in total. The molecule has 2 N–H and O–H groups in total. The van der Waals surface area contributed by atoms with Crippen molar-refractivity contribution in [1.29, 1.82) is 0 Å². The van der Waals surface area contributed by atoms with Crippen molar-refractivity contribution in [3.8, 4) is 0 Å². The average molecular weight is 305 g/mol. The maximum absolute atomic E-state index is 3.74. The SMILES string of the molecule is CCCNC(CCC)C(CC)Sc1cc2ccccc2[nH]1. The van der Waals surface area contributed by atoms with Crippen molar-refractivity contribution in [1.82, 2.24) is 10.3 Å². The Bertz CT molecular complexity index is 502. The van der Waals surface area contributed by atoms with E-state index in [1.165, 1.54) is 41.6 Å². The van der Waals surface area contributed by atoms with Crippen LogP contribution in [0.2, 0.25) is 0 Å². The molecule has 0 aliphatic rings. The van der Waals surface area contributed by atoms with Crippen LogP contribution in [0.3, 0.4) is 0 Å².